The third-order valence-corrected chi connectivity index (χ3v) is 6.43. The van der Waals surface area contributed by atoms with Crippen LogP contribution in [-0.4, -0.2) is 51.2 Å². The molecule has 1 saturated heterocycles. The maximum Gasteiger partial charge on any atom is 0.255 e. The van der Waals surface area contributed by atoms with Crippen molar-refractivity contribution in [3.63, 3.8) is 0 Å². The molecule has 6 heteroatoms. The fraction of sp³-hybridized carbons (Fsp3) is 0.480. The third-order valence-electron chi connectivity index (χ3n) is 6.43. The van der Waals surface area contributed by atoms with Gasteiger partial charge in [0.15, 0.2) is 11.5 Å². The number of unbranched alkanes of at least 4 members (excludes halogenated alkanes) is 1. The molecule has 0 spiro atoms. The Labute approximate surface area is 185 Å². The van der Waals surface area contributed by atoms with Crippen molar-refractivity contribution < 1.29 is 14.3 Å². The Morgan fingerprint density at radius 3 is 2.55 bits per heavy atom. The fourth-order valence-corrected chi connectivity index (χ4v) is 4.75. The standard InChI is InChI=1S/C25H33N3O3/c1-4-5-8-21(18-10-11-23(30-2)24(16-18)31-3)28-17-20-19(25(28)29)7-6-9-22(20)27-14-12-26-13-15-27/h6-7,9-11,16,21,26H,4-5,8,12-15,17H2,1-3H3/t21-/m1/s1. The number of nitrogens with zero attached hydrogens (tertiary/aromatic N) is 2. The van der Waals surface area contributed by atoms with Gasteiger partial charge in [-0.1, -0.05) is 31.9 Å². The number of methoxy groups -OCH3 is 2. The molecule has 0 saturated carbocycles. The van der Waals surface area contributed by atoms with Gasteiger partial charge < -0.3 is 24.6 Å². The van der Waals surface area contributed by atoms with Crippen LogP contribution in [0.5, 0.6) is 11.5 Å². The van der Waals surface area contributed by atoms with Gasteiger partial charge in [-0.2, -0.15) is 0 Å². The number of piperazine rings is 1. The van der Waals surface area contributed by atoms with Crippen LogP contribution in [0, 0.1) is 0 Å². The largest absolute Gasteiger partial charge is 0.493 e. The number of amides is 1. The van der Waals surface area contributed by atoms with Crippen molar-refractivity contribution in [3.05, 3.63) is 53.1 Å². The van der Waals surface area contributed by atoms with Gasteiger partial charge in [-0.15, -0.1) is 0 Å². The first-order valence-corrected chi connectivity index (χ1v) is 11.3. The molecule has 2 aliphatic rings. The first-order chi connectivity index (χ1) is 15.2. The number of hydrogen-bond acceptors (Lipinski definition) is 5. The average molecular weight is 424 g/mol. The minimum Gasteiger partial charge on any atom is -0.493 e. The van der Waals surface area contributed by atoms with Crippen LogP contribution in [0.15, 0.2) is 36.4 Å². The van der Waals surface area contributed by atoms with Crippen LogP contribution >= 0.6 is 0 Å². The minimum absolute atomic E-state index is 0.00975. The number of ether oxygens (including phenoxy) is 2. The van der Waals surface area contributed by atoms with Crippen molar-refractivity contribution >= 4 is 11.6 Å². The summed E-state index contributed by atoms with van der Waals surface area (Å²) in [7, 11) is 3.30. The van der Waals surface area contributed by atoms with Gasteiger partial charge >= 0.3 is 0 Å². The van der Waals surface area contributed by atoms with Gasteiger partial charge in [-0.05, 0) is 36.2 Å². The molecule has 31 heavy (non-hydrogen) atoms. The highest BCUT2D eigenvalue weighted by molar-refractivity contribution is 6.00. The Morgan fingerprint density at radius 1 is 1.06 bits per heavy atom. The molecule has 2 aromatic rings. The van der Waals surface area contributed by atoms with E-state index in [2.05, 4.69) is 29.3 Å². The maximum absolute atomic E-state index is 13.5. The van der Waals surface area contributed by atoms with Crippen LogP contribution in [-0.2, 0) is 6.54 Å². The first kappa shape index (κ1) is 21.5. The molecule has 1 amide bonds. The summed E-state index contributed by atoms with van der Waals surface area (Å²) in [4.78, 5) is 18.0. The highest BCUT2D eigenvalue weighted by Crippen LogP contribution is 2.40. The van der Waals surface area contributed by atoms with Crippen molar-refractivity contribution in [2.75, 3.05) is 45.3 Å². The van der Waals surface area contributed by atoms with E-state index in [1.807, 2.05) is 29.2 Å². The van der Waals surface area contributed by atoms with Gasteiger partial charge in [0.05, 0.1) is 20.3 Å². The molecule has 1 N–H and O–H groups in total. The molecule has 2 aliphatic heterocycles. The van der Waals surface area contributed by atoms with E-state index in [0.29, 0.717) is 18.0 Å². The van der Waals surface area contributed by atoms with Crippen LogP contribution in [0.1, 0.15) is 53.7 Å². The molecule has 2 heterocycles. The van der Waals surface area contributed by atoms with E-state index < -0.39 is 0 Å². The van der Waals surface area contributed by atoms with Gasteiger partial charge in [-0.3, -0.25) is 4.79 Å². The van der Waals surface area contributed by atoms with Crippen molar-refractivity contribution in [2.24, 2.45) is 0 Å². The molecule has 166 valence electrons. The Bertz CT molecular complexity index is 924. The number of fused-ring (bicyclic) bond motifs is 1. The second kappa shape index (κ2) is 9.60. The zero-order valence-electron chi connectivity index (χ0n) is 18.8. The lowest BCUT2D eigenvalue weighted by molar-refractivity contribution is 0.0689. The van der Waals surface area contributed by atoms with Gasteiger partial charge in [0.2, 0.25) is 0 Å². The SMILES string of the molecule is CCCC[C@H](c1ccc(OC)c(OC)c1)N1Cc2c(cccc2N2CCNCC2)C1=O. The van der Waals surface area contributed by atoms with E-state index in [-0.39, 0.29) is 11.9 Å². The van der Waals surface area contributed by atoms with E-state index in [1.165, 1.54) is 5.69 Å². The van der Waals surface area contributed by atoms with Gasteiger partial charge in [0, 0.05) is 49.5 Å². The average Bonchev–Trinajstić information content (AvgIpc) is 3.16. The van der Waals surface area contributed by atoms with Crippen LogP contribution in [0.2, 0.25) is 0 Å². The highest BCUT2D eigenvalue weighted by atomic mass is 16.5. The molecule has 6 nitrogen and oxygen atoms in total. The summed E-state index contributed by atoms with van der Waals surface area (Å²) < 4.78 is 11.0. The Hall–Kier alpha value is -2.73. The minimum atomic E-state index is 0.00975. The van der Waals surface area contributed by atoms with E-state index in [0.717, 1.165) is 62.1 Å². The molecule has 0 bridgehead atoms. The molecule has 0 aliphatic carbocycles. The highest BCUT2D eigenvalue weighted by Gasteiger charge is 2.35. The second-order valence-corrected chi connectivity index (χ2v) is 8.25. The Balaban J connectivity index is 1.67. The summed E-state index contributed by atoms with van der Waals surface area (Å²) in [5.41, 5.74) is 4.31. The lowest BCUT2D eigenvalue weighted by atomic mass is 9.99. The van der Waals surface area contributed by atoms with Crippen LogP contribution in [0.25, 0.3) is 0 Å². The predicted octanol–water partition coefficient (Wildman–Crippen LogP) is 4.00. The van der Waals surface area contributed by atoms with Crippen LogP contribution in [0.4, 0.5) is 5.69 Å². The Kier molecular flexibility index (Phi) is 6.66. The molecule has 0 aromatic heterocycles. The van der Waals surface area contributed by atoms with Crippen molar-refractivity contribution in [1.29, 1.82) is 0 Å². The predicted molar refractivity (Wildman–Crippen MR) is 123 cm³/mol. The van der Waals surface area contributed by atoms with Crippen molar-refractivity contribution in [2.45, 2.75) is 38.8 Å². The lowest BCUT2D eigenvalue weighted by Gasteiger charge is -2.31. The van der Waals surface area contributed by atoms with E-state index in [9.17, 15) is 4.79 Å². The molecular formula is C25H33N3O3. The van der Waals surface area contributed by atoms with Gasteiger partial charge in [-0.25, -0.2) is 0 Å². The monoisotopic (exact) mass is 423 g/mol. The topological polar surface area (TPSA) is 54.0 Å². The van der Waals surface area contributed by atoms with E-state index in [4.69, 9.17) is 9.47 Å². The lowest BCUT2D eigenvalue weighted by Crippen LogP contribution is -2.43. The number of nitrogens with one attached hydrogen (secondary N) is 1. The summed E-state index contributed by atoms with van der Waals surface area (Å²) in [5.74, 6) is 1.53. The second-order valence-electron chi connectivity index (χ2n) is 8.25. The molecule has 0 unspecified atom stereocenters. The summed E-state index contributed by atoms with van der Waals surface area (Å²) in [6.45, 7) is 6.74. The zero-order chi connectivity index (χ0) is 21.8. The molecular weight excluding hydrogens is 390 g/mol. The molecule has 2 aromatic carbocycles. The summed E-state index contributed by atoms with van der Waals surface area (Å²) in [6.07, 6.45) is 3.07. The summed E-state index contributed by atoms with van der Waals surface area (Å²) in [5, 5.41) is 3.41. The summed E-state index contributed by atoms with van der Waals surface area (Å²) >= 11 is 0. The molecule has 1 fully saturated rings. The van der Waals surface area contributed by atoms with Gasteiger partial charge in [0.1, 0.15) is 0 Å². The van der Waals surface area contributed by atoms with Gasteiger partial charge in [0.25, 0.3) is 5.91 Å². The van der Waals surface area contributed by atoms with Crippen molar-refractivity contribution in [1.82, 2.24) is 10.2 Å². The number of rotatable bonds is 8. The molecule has 1 atom stereocenters. The number of carbonyl (C=O) groups is 1. The molecule has 4 rings (SSSR count). The number of hydrogen-bond donors (Lipinski definition) is 1. The first-order valence-electron chi connectivity index (χ1n) is 11.3. The fourth-order valence-electron chi connectivity index (χ4n) is 4.75. The van der Waals surface area contributed by atoms with E-state index in [1.54, 1.807) is 14.2 Å². The zero-order valence-corrected chi connectivity index (χ0v) is 18.8. The number of carbonyl (C=O) groups excluding carboxylic acids is 1. The number of anilines is 1. The smallest absolute Gasteiger partial charge is 0.255 e. The van der Waals surface area contributed by atoms with Crippen LogP contribution in [0.3, 0.4) is 0 Å². The maximum atomic E-state index is 13.5. The summed E-state index contributed by atoms with van der Waals surface area (Å²) in [6, 6.07) is 12.2. The van der Waals surface area contributed by atoms with Crippen LogP contribution < -0.4 is 19.7 Å². The van der Waals surface area contributed by atoms with E-state index >= 15 is 0 Å². The quantitative estimate of drug-likeness (QED) is 0.696. The third kappa shape index (κ3) is 4.22. The normalized spacial score (nSPS) is 16.9. The van der Waals surface area contributed by atoms with Crippen molar-refractivity contribution in [3.8, 4) is 11.5 Å². The Morgan fingerprint density at radius 2 is 1.84 bits per heavy atom. The number of benzene rings is 2. The molecule has 0 radical (unpaired) electrons.